The van der Waals surface area contributed by atoms with E-state index in [-0.39, 0.29) is 17.9 Å². The molecule has 1 heterocycles. The summed E-state index contributed by atoms with van der Waals surface area (Å²) in [6, 6.07) is 5.05. The van der Waals surface area contributed by atoms with Crippen molar-refractivity contribution < 1.29 is 19.1 Å². The number of carbonyl (C=O) groups is 2. The Morgan fingerprint density at radius 1 is 1.42 bits per heavy atom. The number of hydrogen-bond acceptors (Lipinski definition) is 5. The fourth-order valence-electron chi connectivity index (χ4n) is 2.48. The molecule has 1 aromatic carbocycles. The van der Waals surface area contributed by atoms with E-state index >= 15 is 0 Å². The first kappa shape index (κ1) is 18.2. The highest BCUT2D eigenvalue weighted by atomic mass is 16.5. The van der Waals surface area contributed by atoms with Crippen LogP contribution in [-0.2, 0) is 9.53 Å². The molecule has 0 aromatic heterocycles. The third-order valence-corrected chi connectivity index (χ3v) is 3.64. The van der Waals surface area contributed by atoms with E-state index in [1.165, 1.54) is 4.90 Å². The SMILES string of the molecule is CCOc1ccc(C(=O)N(C)C)cc1NC(=O)CC1COCCN1. The molecular weight excluding hydrogens is 310 g/mol. The van der Waals surface area contributed by atoms with Gasteiger partial charge in [-0.05, 0) is 25.1 Å². The van der Waals surface area contributed by atoms with Crippen LogP contribution in [0.5, 0.6) is 5.75 Å². The van der Waals surface area contributed by atoms with E-state index in [0.29, 0.717) is 43.2 Å². The number of benzene rings is 1. The molecule has 1 aromatic rings. The summed E-state index contributed by atoms with van der Waals surface area (Å²) >= 11 is 0. The largest absolute Gasteiger partial charge is 0.492 e. The van der Waals surface area contributed by atoms with Gasteiger partial charge < -0.3 is 25.0 Å². The zero-order valence-electron chi connectivity index (χ0n) is 14.4. The topological polar surface area (TPSA) is 79.9 Å². The van der Waals surface area contributed by atoms with E-state index in [0.717, 1.165) is 6.54 Å². The molecule has 7 nitrogen and oxygen atoms in total. The average Bonchev–Trinajstić information content (AvgIpc) is 2.56. The Morgan fingerprint density at radius 2 is 2.21 bits per heavy atom. The highest BCUT2D eigenvalue weighted by Gasteiger charge is 2.19. The summed E-state index contributed by atoms with van der Waals surface area (Å²) in [5.41, 5.74) is 1.00. The van der Waals surface area contributed by atoms with Gasteiger partial charge in [0.25, 0.3) is 5.91 Å². The zero-order valence-corrected chi connectivity index (χ0v) is 14.4. The Balaban J connectivity index is 2.11. The number of anilines is 1. The highest BCUT2D eigenvalue weighted by molar-refractivity contribution is 5.98. The number of amides is 2. The molecule has 2 N–H and O–H groups in total. The second-order valence-electron chi connectivity index (χ2n) is 5.82. The molecule has 1 aliphatic rings. The molecule has 2 rings (SSSR count). The first-order chi connectivity index (χ1) is 11.5. The molecule has 1 atom stereocenters. The van der Waals surface area contributed by atoms with Crippen LogP contribution in [0.2, 0.25) is 0 Å². The van der Waals surface area contributed by atoms with Crippen LogP contribution in [-0.4, -0.2) is 63.2 Å². The first-order valence-electron chi connectivity index (χ1n) is 8.10. The Labute approximate surface area is 142 Å². The van der Waals surface area contributed by atoms with E-state index in [9.17, 15) is 9.59 Å². The maximum atomic E-state index is 12.3. The fraction of sp³-hybridized carbons (Fsp3) is 0.529. The van der Waals surface area contributed by atoms with Crippen LogP contribution in [0.3, 0.4) is 0 Å². The lowest BCUT2D eigenvalue weighted by Gasteiger charge is -2.23. The fourth-order valence-corrected chi connectivity index (χ4v) is 2.48. The lowest BCUT2D eigenvalue weighted by molar-refractivity contribution is -0.117. The number of nitrogens with one attached hydrogen (secondary N) is 2. The van der Waals surface area contributed by atoms with Gasteiger partial charge in [0.15, 0.2) is 0 Å². The van der Waals surface area contributed by atoms with Crippen LogP contribution in [0.1, 0.15) is 23.7 Å². The van der Waals surface area contributed by atoms with Crippen molar-refractivity contribution in [2.75, 3.05) is 45.8 Å². The summed E-state index contributed by atoms with van der Waals surface area (Å²) < 4.78 is 10.9. The number of ether oxygens (including phenoxy) is 2. The Bertz CT molecular complexity index is 583. The summed E-state index contributed by atoms with van der Waals surface area (Å²) in [6.07, 6.45) is 0.303. The van der Waals surface area contributed by atoms with Crippen molar-refractivity contribution in [1.82, 2.24) is 10.2 Å². The van der Waals surface area contributed by atoms with Crippen molar-refractivity contribution >= 4 is 17.5 Å². The Hall–Kier alpha value is -2.12. The van der Waals surface area contributed by atoms with E-state index in [4.69, 9.17) is 9.47 Å². The Morgan fingerprint density at radius 3 is 2.83 bits per heavy atom. The molecule has 0 aliphatic carbocycles. The number of carbonyl (C=O) groups excluding carboxylic acids is 2. The molecule has 0 spiro atoms. The molecule has 2 amide bonds. The minimum Gasteiger partial charge on any atom is -0.492 e. The third-order valence-electron chi connectivity index (χ3n) is 3.64. The minimum absolute atomic E-state index is 0.000818. The molecule has 132 valence electrons. The summed E-state index contributed by atoms with van der Waals surface area (Å²) in [5.74, 6) is 0.276. The number of hydrogen-bond donors (Lipinski definition) is 2. The van der Waals surface area contributed by atoms with Gasteiger partial charge in [0.05, 0.1) is 25.5 Å². The van der Waals surface area contributed by atoms with Crippen molar-refractivity contribution in [3.63, 3.8) is 0 Å². The standard InChI is InChI=1S/C17H25N3O4/c1-4-24-15-6-5-12(17(22)20(2)3)9-14(15)19-16(21)10-13-11-23-8-7-18-13/h5-6,9,13,18H,4,7-8,10-11H2,1-3H3,(H,19,21). The van der Waals surface area contributed by atoms with Crippen LogP contribution in [0, 0.1) is 0 Å². The second-order valence-corrected chi connectivity index (χ2v) is 5.82. The predicted molar refractivity (Wildman–Crippen MR) is 91.5 cm³/mol. The van der Waals surface area contributed by atoms with E-state index in [1.54, 1.807) is 32.3 Å². The summed E-state index contributed by atoms with van der Waals surface area (Å²) in [4.78, 5) is 25.9. The molecular formula is C17H25N3O4. The van der Waals surface area contributed by atoms with Crippen LogP contribution in [0.4, 0.5) is 5.69 Å². The monoisotopic (exact) mass is 335 g/mol. The number of nitrogens with zero attached hydrogens (tertiary/aromatic N) is 1. The van der Waals surface area contributed by atoms with E-state index in [1.807, 2.05) is 6.92 Å². The maximum absolute atomic E-state index is 12.3. The van der Waals surface area contributed by atoms with Crippen LogP contribution < -0.4 is 15.4 Å². The van der Waals surface area contributed by atoms with Gasteiger partial charge in [0.2, 0.25) is 5.91 Å². The van der Waals surface area contributed by atoms with Crippen molar-refractivity contribution in [3.05, 3.63) is 23.8 Å². The first-order valence-corrected chi connectivity index (χ1v) is 8.10. The van der Waals surface area contributed by atoms with Gasteiger partial charge in [0, 0.05) is 38.7 Å². The van der Waals surface area contributed by atoms with Crippen molar-refractivity contribution in [3.8, 4) is 5.75 Å². The molecule has 1 fully saturated rings. The van der Waals surface area contributed by atoms with E-state index in [2.05, 4.69) is 10.6 Å². The maximum Gasteiger partial charge on any atom is 0.253 e. The third kappa shape index (κ3) is 4.94. The van der Waals surface area contributed by atoms with Crippen molar-refractivity contribution in [1.29, 1.82) is 0 Å². The van der Waals surface area contributed by atoms with Crippen molar-refractivity contribution in [2.24, 2.45) is 0 Å². The normalized spacial score (nSPS) is 17.2. The van der Waals surface area contributed by atoms with E-state index < -0.39 is 0 Å². The molecule has 0 radical (unpaired) electrons. The van der Waals surface area contributed by atoms with Gasteiger partial charge in [-0.1, -0.05) is 0 Å². The van der Waals surface area contributed by atoms with Gasteiger partial charge in [0.1, 0.15) is 5.75 Å². The second kappa shape index (κ2) is 8.65. The average molecular weight is 335 g/mol. The molecule has 24 heavy (non-hydrogen) atoms. The highest BCUT2D eigenvalue weighted by Crippen LogP contribution is 2.26. The van der Waals surface area contributed by atoms with Gasteiger partial charge in [-0.15, -0.1) is 0 Å². The van der Waals surface area contributed by atoms with Crippen LogP contribution in [0.25, 0.3) is 0 Å². The van der Waals surface area contributed by atoms with Crippen LogP contribution >= 0.6 is 0 Å². The summed E-state index contributed by atoms with van der Waals surface area (Å²) in [5, 5.41) is 6.09. The smallest absolute Gasteiger partial charge is 0.253 e. The molecule has 7 heteroatoms. The van der Waals surface area contributed by atoms with Crippen molar-refractivity contribution in [2.45, 2.75) is 19.4 Å². The van der Waals surface area contributed by atoms with Gasteiger partial charge in [-0.3, -0.25) is 9.59 Å². The number of rotatable bonds is 6. The lowest BCUT2D eigenvalue weighted by Crippen LogP contribution is -2.43. The molecule has 1 unspecified atom stereocenters. The van der Waals surface area contributed by atoms with Gasteiger partial charge in [-0.25, -0.2) is 0 Å². The van der Waals surface area contributed by atoms with Crippen LogP contribution in [0.15, 0.2) is 18.2 Å². The molecule has 1 aliphatic heterocycles. The molecule has 0 bridgehead atoms. The summed E-state index contributed by atoms with van der Waals surface area (Å²) in [7, 11) is 3.37. The van der Waals surface area contributed by atoms with Gasteiger partial charge >= 0.3 is 0 Å². The lowest BCUT2D eigenvalue weighted by atomic mass is 10.1. The number of morpholine rings is 1. The van der Waals surface area contributed by atoms with Gasteiger partial charge in [-0.2, -0.15) is 0 Å². The minimum atomic E-state index is -0.145. The zero-order chi connectivity index (χ0) is 17.5. The molecule has 0 saturated carbocycles. The predicted octanol–water partition coefficient (Wildman–Crippen LogP) is 1.10. The molecule has 1 saturated heterocycles. The quantitative estimate of drug-likeness (QED) is 0.814. The summed E-state index contributed by atoms with van der Waals surface area (Å²) in [6.45, 7) is 4.27. The Kier molecular flexibility index (Phi) is 6.57.